The third-order valence-corrected chi connectivity index (χ3v) is 4.21. The van der Waals surface area contributed by atoms with E-state index >= 15 is 0 Å². The van der Waals surface area contributed by atoms with Crippen molar-refractivity contribution in [2.75, 3.05) is 7.05 Å². The van der Waals surface area contributed by atoms with Crippen molar-refractivity contribution in [3.05, 3.63) is 75.3 Å². The van der Waals surface area contributed by atoms with Crippen molar-refractivity contribution in [2.45, 2.75) is 11.7 Å². The van der Waals surface area contributed by atoms with Crippen LogP contribution in [0.3, 0.4) is 0 Å². The van der Waals surface area contributed by atoms with Crippen molar-refractivity contribution >= 4 is 34.1 Å². The van der Waals surface area contributed by atoms with Crippen LogP contribution in [0.25, 0.3) is 0 Å². The zero-order chi connectivity index (χ0) is 19.5. The summed E-state index contributed by atoms with van der Waals surface area (Å²) in [6.45, 7) is 0. The molecule has 0 aliphatic heterocycles. The van der Waals surface area contributed by atoms with Crippen molar-refractivity contribution in [3.8, 4) is 0 Å². The van der Waals surface area contributed by atoms with Gasteiger partial charge in [0, 0.05) is 24.7 Å². The van der Waals surface area contributed by atoms with Crippen molar-refractivity contribution in [1.29, 1.82) is 0 Å². The minimum atomic E-state index is -4.43. The van der Waals surface area contributed by atoms with Gasteiger partial charge in [-0.3, -0.25) is 15.1 Å². The molecule has 0 N–H and O–H groups in total. The highest BCUT2D eigenvalue weighted by molar-refractivity contribution is 6.69. The second kappa shape index (κ2) is 7.92. The number of benzene rings is 2. The summed E-state index contributed by atoms with van der Waals surface area (Å²) in [7, 11) is 1.48. The quantitative estimate of drug-likeness (QED) is 0.220. The number of rotatable bonds is 5. The van der Waals surface area contributed by atoms with Crippen LogP contribution in [0.4, 0.5) is 18.9 Å². The molecule has 0 heterocycles. The Morgan fingerprint density at radius 3 is 2.38 bits per heavy atom. The SMILES string of the molecule is CN(/N=C(\Cl)c1cccc([N+](=O)[O-])c1)C(Cl)c1ccc(C(F)(F)F)cc1. The van der Waals surface area contributed by atoms with E-state index in [-0.39, 0.29) is 10.9 Å². The van der Waals surface area contributed by atoms with Gasteiger partial charge in [0.05, 0.1) is 10.5 Å². The van der Waals surface area contributed by atoms with E-state index in [1.807, 2.05) is 0 Å². The molecule has 26 heavy (non-hydrogen) atoms. The molecule has 0 fully saturated rings. The van der Waals surface area contributed by atoms with Crippen LogP contribution in [0.2, 0.25) is 0 Å². The second-order valence-electron chi connectivity index (χ2n) is 5.23. The number of nitro benzene ring substituents is 1. The molecule has 2 aromatic carbocycles. The summed E-state index contributed by atoms with van der Waals surface area (Å²) in [4.78, 5) is 10.2. The largest absolute Gasteiger partial charge is 0.416 e. The number of hydrogen-bond donors (Lipinski definition) is 0. The fourth-order valence-corrected chi connectivity index (χ4v) is 2.47. The predicted octanol–water partition coefficient (Wildman–Crippen LogP) is 5.38. The molecule has 0 amide bonds. The number of hydrogen-bond acceptors (Lipinski definition) is 4. The van der Waals surface area contributed by atoms with Crippen LogP contribution in [-0.2, 0) is 6.18 Å². The highest BCUT2D eigenvalue weighted by atomic mass is 35.5. The maximum Gasteiger partial charge on any atom is 0.416 e. The number of nitrogens with zero attached hydrogens (tertiary/aromatic N) is 3. The Bertz CT molecular complexity index is 826. The zero-order valence-corrected chi connectivity index (χ0v) is 14.8. The zero-order valence-electron chi connectivity index (χ0n) is 13.2. The Balaban J connectivity index is 2.19. The first-order chi connectivity index (χ1) is 12.1. The summed E-state index contributed by atoms with van der Waals surface area (Å²) >= 11 is 12.3. The normalized spacial score (nSPS) is 13.4. The molecule has 0 aliphatic carbocycles. The van der Waals surface area contributed by atoms with Crippen LogP contribution in [-0.4, -0.2) is 22.2 Å². The maximum absolute atomic E-state index is 12.6. The Labute approximate surface area is 156 Å². The van der Waals surface area contributed by atoms with Gasteiger partial charge < -0.3 is 0 Å². The first-order valence-corrected chi connectivity index (χ1v) is 7.94. The molecule has 0 aromatic heterocycles. The van der Waals surface area contributed by atoms with Crippen molar-refractivity contribution in [2.24, 2.45) is 5.10 Å². The molecular formula is C16H12Cl2F3N3O2. The number of non-ortho nitro benzene ring substituents is 1. The lowest BCUT2D eigenvalue weighted by Crippen LogP contribution is -2.16. The Morgan fingerprint density at radius 1 is 1.23 bits per heavy atom. The Hall–Kier alpha value is -2.32. The van der Waals surface area contributed by atoms with Crippen LogP contribution in [0.5, 0.6) is 0 Å². The average molecular weight is 406 g/mol. The molecule has 0 bridgehead atoms. The van der Waals surface area contributed by atoms with Crippen molar-refractivity contribution in [3.63, 3.8) is 0 Å². The Kier molecular flexibility index (Phi) is 6.09. The van der Waals surface area contributed by atoms with E-state index in [1.54, 1.807) is 0 Å². The highest BCUT2D eigenvalue weighted by Crippen LogP contribution is 2.32. The third kappa shape index (κ3) is 4.86. The fourth-order valence-electron chi connectivity index (χ4n) is 2.04. The molecule has 0 saturated heterocycles. The van der Waals surface area contributed by atoms with Crippen molar-refractivity contribution < 1.29 is 18.1 Å². The topological polar surface area (TPSA) is 58.7 Å². The van der Waals surface area contributed by atoms with Gasteiger partial charge in [-0.1, -0.05) is 47.5 Å². The van der Waals surface area contributed by atoms with Gasteiger partial charge >= 0.3 is 6.18 Å². The molecular weight excluding hydrogens is 394 g/mol. The molecule has 2 aromatic rings. The molecule has 1 unspecified atom stereocenters. The number of nitro groups is 1. The molecule has 0 spiro atoms. The lowest BCUT2D eigenvalue weighted by molar-refractivity contribution is -0.384. The molecule has 10 heteroatoms. The molecule has 1 atom stereocenters. The molecule has 0 saturated carbocycles. The van der Waals surface area contributed by atoms with Gasteiger partial charge in [-0.05, 0) is 17.7 Å². The fraction of sp³-hybridized carbons (Fsp3) is 0.188. The summed E-state index contributed by atoms with van der Waals surface area (Å²) in [5.74, 6) is 0. The van der Waals surface area contributed by atoms with Gasteiger partial charge in [0.15, 0.2) is 5.17 Å². The van der Waals surface area contributed by atoms with E-state index in [1.165, 1.54) is 48.5 Å². The first kappa shape index (κ1) is 20.0. The summed E-state index contributed by atoms with van der Waals surface area (Å²) in [5.41, 5.74) is -1.13. The lowest BCUT2D eigenvalue weighted by Gasteiger charge is -2.21. The Morgan fingerprint density at radius 2 is 1.85 bits per heavy atom. The van der Waals surface area contributed by atoms with Crippen LogP contribution >= 0.6 is 23.2 Å². The minimum Gasteiger partial charge on any atom is -0.276 e. The van der Waals surface area contributed by atoms with Gasteiger partial charge in [-0.15, -0.1) is 0 Å². The van der Waals surface area contributed by atoms with E-state index in [4.69, 9.17) is 23.2 Å². The monoisotopic (exact) mass is 405 g/mol. The molecule has 138 valence electrons. The van der Waals surface area contributed by atoms with Crippen LogP contribution in [0.15, 0.2) is 53.6 Å². The smallest absolute Gasteiger partial charge is 0.276 e. The van der Waals surface area contributed by atoms with Crippen LogP contribution in [0.1, 0.15) is 22.2 Å². The number of hydrazone groups is 1. The van der Waals surface area contributed by atoms with Crippen molar-refractivity contribution in [1.82, 2.24) is 5.01 Å². The van der Waals surface area contributed by atoms with Gasteiger partial charge in [-0.2, -0.15) is 18.3 Å². The molecule has 2 rings (SSSR count). The van der Waals surface area contributed by atoms with E-state index in [9.17, 15) is 23.3 Å². The first-order valence-electron chi connectivity index (χ1n) is 7.12. The lowest BCUT2D eigenvalue weighted by atomic mass is 10.1. The third-order valence-electron chi connectivity index (χ3n) is 3.38. The van der Waals surface area contributed by atoms with E-state index in [0.29, 0.717) is 11.1 Å². The molecule has 0 radical (unpaired) electrons. The van der Waals surface area contributed by atoms with Gasteiger partial charge in [0.2, 0.25) is 0 Å². The highest BCUT2D eigenvalue weighted by Gasteiger charge is 2.30. The predicted molar refractivity (Wildman–Crippen MR) is 93.3 cm³/mol. The van der Waals surface area contributed by atoms with E-state index < -0.39 is 22.2 Å². The summed E-state index contributed by atoms with van der Waals surface area (Å²) in [5, 5.41) is 16.0. The van der Waals surface area contributed by atoms with Crippen LogP contribution < -0.4 is 0 Å². The molecule has 0 aliphatic rings. The van der Waals surface area contributed by atoms with Gasteiger partial charge in [0.1, 0.15) is 5.50 Å². The van der Waals surface area contributed by atoms with E-state index in [2.05, 4.69) is 5.10 Å². The second-order valence-corrected chi connectivity index (χ2v) is 6.00. The van der Waals surface area contributed by atoms with Gasteiger partial charge in [-0.25, -0.2) is 0 Å². The van der Waals surface area contributed by atoms with Gasteiger partial charge in [0.25, 0.3) is 5.69 Å². The number of halogens is 5. The van der Waals surface area contributed by atoms with Crippen LogP contribution in [0, 0.1) is 10.1 Å². The minimum absolute atomic E-state index is 0.0474. The van der Waals surface area contributed by atoms with E-state index in [0.717, 1.165) is 12.1 Å². The number of alkyl halides is 4. The summed E-state index contributed by atoms with van der Waals surface area (Å²) < 4.78 is 37.8. The summed E-state index contributed by atoms with van der Waals surface area (Å²) in [6, 6.07) is 9.88. The standard InChI is InChI=1S/C16H12Cl2F3N3O2/c1-23(15(18)10-5-7-12(8-6-10)16(19,20)21)22-14(17)11-3-2-4-13(9-11)24(25)26/h2-9,15H,1H3/b22-14-. The maximum atomic E-state index is 12.6. The average Bonchev–Trinajstić information content (AvgIpc) is 2.60. The summed E-state index contributed by atoms with van der Waals surface area (Å²) in [6.07, 6.45) is -4.43. The molecule has 5 nitrogen and oxygen atoms in total.